The quantitative estimate of drug-likeness (QED) is 0.199. The number of hydrogen-bond donors (Lipinski definition) is 1. The van der Waals surface area contributed by atoms with E-state index in [2.05, 4.69) is 32.3 Å². The molecule has 0 aliphatic carbocycles. The lowest BCUT2D eigenvalue weighted by Crippen LogP contribution is -2.25. The van der Waals surface area contributed by atoms with Crippen molar-refractivity contribution >= 4 is 29.6 Å². The highest BCUT2D eigenvalue weighted by Gasteiger charge is 2.22. The number of alkyl halides is 2. The van der Waals surface area contributed by atoms with Gasteiger partial charge in [0.05, 0.1) is 35.6 Å². The number of pyridine rings is 1. The van der Waals surface area contributed by atoms with E-state index in [4.69, 9.17) is 4.74 Å². The highest BCUT2D eigenvalue weighted by molar-refractivity contribution is 7.15. The molecule has 0 aliphatic heterocycles. The van der Waals surface area contributed by atoms with E-state index in [0.29, 0.717) is 11.5 Å². The Hall–Kier alpha value is -4.19. The van der Waals surface area contributed by atoms with Crippen LogP contribution in [0.25, 0.3) is 21.9 Å². The van der Waals surface area contributed by atoms with Crippen LogP contribution in [0.2, 0.25) is 0 Å². The van der Waals surface area contributed by atoms with Gasteiger partial charge in [-0.3, -0.25) is 9.20 Å². The normalized spacial score (nSPS) is 12.4. The first-order valence-electron chi connectivity index (χ1n) is 10.8. The number of thiophene rings is 1. The number of imidazole rings is 1. The van der Waals surface area contributed by atoms with Crippen molar-refractivity contribution in [1.82, 2.24) is 29.7 Å². The fourth-order valence-electron chi connectivity index (χ4n) is 3.46. The predicted molar refractivity (Wildman–Crippen MR) is 134 cm³/mol. The van der Waals surface area contributed by atoms with Crippen LogP contribution in [-0.2, 0) is 4.74 Å². The van der Waals surface area contributed by atoms with Crippen molar-refractivity contribution < 1.29 is 18.3 Å². The lowest BCUT2D eigenvalue weighted by molar-refractivity contribution is 0.0956. The summed E-state index contributed by atoms with van der Waals surface area (Å²) in [5, 5.41) is 10.3. The Labute approximate surface area is 209 Å². The molecule has 0 atom stereocenters. The summed E-state index contributed by atoms with van der Waals surface area (Å²) >= 11 is 1.56. The summed E-state index contributed by atoms with van der Waals surface area (Å²) in [5.41, 5.74) is 1.98. The van der Waals surface area contributed by atoms with Crippen LogP contribution >= 0.6 is 11.3 Å². The number of carbonyl (C=O) groups is 1. The van der Waals surface area contributed by atoms with E-state index >= 15 is 0 Å². The van der Waals surface area contributed by atoms with Crippen LogP contribution in [0.4, 0.5) is 8.78 Å². The molecule has 12 heteroatoms. The molecule has 0 spiro atoms. The van der Waals surface area contributed by atoms with Crippen molar-refractivity contribution in [3.05, 3.63) is 76.5 Å². The molecule has 36 heavy (non-hydrogen) atoms. The van der Waals surface area contributed by atoms with Gasteiger partial charge in [-0.05, 0) is 38.8 Å². The predicted octanol–water partition coefficient (Wildman–Crippen LogP) is 4.75. The van der Waals surface area contributed by atoms with Gasteiger partial charge >= 0.3 is 0 Å². The Morgan fingerprint density at radius 1 is 1.33 bits per heavy atom. The molecule has 0 saturated carbocycles. The second-order valence-corrected chi connectivity index (χ2v) is 9.08. The molecule has 186 valence electrons. The average Bonchev–Trinajstić information content (AvgIpc) is 3.61. The third-order valence-corrected chi connectivity index (χ3v) is 6.30. The third-order valence-electron chi connectivity index (χ3n) is 5.27. The number of fused-ring (bicyclic) bond motifs is 1. The number of aryl methyl sites for hydroxylation is 1. The van der Waals surface area contributed by atoms with Gasteiger partial charge in [0.1, 0.15) is 11.4 Å². The van der Waals surface area contributed by atoms with Crippen LogP contribution in [0.15, 0.2) is 65.4 Å². The molecule has 1 N–H and O–H groups in total. The number of halogens is 2. The topological polar surface area (TPSA) is 98.7 Å². The fourth-order valence-corrected chi connectivity index (χ4v) is 4.34. The van der Waals surface area contributed by atoms with Crippen LogP contribution < -0.4 is 5.32 Å². The van der Waals surface area contributed by atoms with Gasteiger partial charge in [0.15, 0.2) is 5.65 Å². The Kier molecular flexibility index (Phi) is 7.34. The van der Waals surface area contributed by atoms with E-state index in [9.17, 15) is 13.6 Å². The molecular formula is C24H23F2N7O2S. The minimum Gasteiger partial charge on any atom is -0.481 e. The van der Waals surface area contributed by atoms with Gasteiger partial charge in [-0.15, -0.1) is 16.4 Å². The number of aromatic nitrogens is 5. The van der Waals surface area contributed by atoms with E-state index in [1.807, 2.05) is 26.0 Å². The molecule has 0 unspecified atom stereocenters. The molecular weight excluding hydrogens is 488 g/mol. The number of ether oxygens (including phenoxy) is 1. The number of nitrogens with zero attached hydrogens (tertiary/aromatic N) is 6. The summed E-state index contributed by atoms with van der Waals surface area (Å²) in [6.07, 6.45) is 4.85. The molecule has 4 aromatic heterocycles. The van der Waals surface area contributed by atoms with Crippen LogP contribution in [0.5, 0.6) is 0 Å². The molecule has 0 saturated heterocycles. The lowest BCUT2D eigenvalue weighted by atomic mass is 10.2. The third kappa shape index (κ3) is 5.08. The summed E-state index contributed by atoms with van der Waals surface area (Å²) in [7, 11) is 1.48. The average molecular weight is 512 g/mol. The second kappa shape index (κ2) is 10.6. The van der Waals surface area contributed by atoms with Crippen molar-refractivity contribution in [2.45, 2.75) is 20.3 Å². The maximum atomic E-state index is 13.6. The zero-order chi connectivity index (χ0) is 25.8. The SMILES string of the molecule is C=N/C(=C\C=C(/C)CNC(=O)c1cc(-n2nncc2C(F)F)c2ncc(-c3ccc(C)s3)n2c1)OC. The number of hydrogen-bond acceptors (Lipinski definition) is 7. The largest absolute Gasteiger partial charge is 0.481 e. The zero-order valence-corrected chi connectivity index (χ0v) is 20.6. The molecule has 0 aromatic carbocycles. The molecule has 4 aromatic rings. The molecule has 0 aliphatic rings. The van der Waals surface area contributed by atoms with Crippen LogP contribution in [0.1, 0.15) is 34.3 Å². The number of carbonyl (C=O) groups excluding carboxylic acids is 1. The van der Waals surface area contributed by atoms with Gasteiger partial charge in [-0.1, -0.05) is 16.9 Å². The van der Waals surface area contributed by atoms with Gasteiger partial charge in [0, 0.05) is 23.7 Å². The highest BCUT2D eigenvalue weighted by atomic mass is 32.1. The Bertz CT molecular complexity index is 1480. The van der Waals surface area contributed by atoms with Crippen LogP contribution in [0.3, 0.4) is 0 Å². The van der Waals surface area contributed by atoms with Crippen LogP contribution in [0, 0.1) is 6.92 Å². The van der Waals surface area contributed by atoms with Crippen molar-refractivity contribution in [3.8, 4) is 16.3 Å². The zero-order valence-electron chi connectivity index (χ0n) is 19.8. The Balaban J connectivity index is 1.75. The number of methoxy groups -OCH3 is 1. The Morgan fingerprint density at radius 3 is 2.81 bits per heavy atom. The summed E-state index contributed by atoms with van der Waals surface area (Å²) in [4.78, 5) is 23.3. The molecule has 0 bridgehead atoms. The van der Waals surface area contributed by atoms with Gasteiger partial charge in [0.25, 0.3) is 12.3 Å². The van der Waals surface area contributed by atoms with Crippen molar-refractivity contribution in [2.75, 3.05) is 13.7 Å². The number of aliphatic imine (C=N–C) groups is 1. The first-order valence-corrected chi connectivity index (χ1v) is 11.6. The lowest BCUT2D eigenvalue weighted by Gasteiger charge is -2.12. The highest BCUT2D eigenvalue weighted by Crippen LogP contribution is 2.31. The first kappa shape index (κ1) is 24.9. The maximum Gasteiger partial charge on any atom is 0.282 e. The number of rotatable bonds is 9. The van der Waals surface area contributed by atoms with Gasteiger partial charge in [-0.2, -0.15) is 0 Å². The van der Waals surface area contributed by atoms with Gasteiger partial charge in [0.2, 0.25) is 5.88 Å². The minimum atomic E-state index is -2.81. The molecule has 4 rings (SSSR count). The van der Waals surface area contributed by atoms with E-state index in [0.717, 1.165) is 31.9 Å². The van der Waals surface area contributed by atoms with E-state index < -0.39 is 18.0 Å². The smallest absolute Gasteiger partial charge is 0.282 e. The number of nitrogens with one attached hydrogen (secondary N) is 1. The molecule has 0 radical (unpaired) electrons. The molecule has 9 nitrogen and oxygen atoms in total. The van der Waals surface area contributed by atoms with Crippen molar-refractivity contribution in [3.63, 3.8) is 0 Å². The summed E-state index contributed by atoms with van der Waals surface area (Å²) in [6.45, 7) is 7.47. The summed E-state index contributed by atoms with van der Waals surface area (Å²) in [5.74, 6) is -0.0562. The van der Waals surface area contributed by atoms with Crippen molar-refractivity contribution in [1.29, 1.82) is 0 Å². The molecule has 0 fully saturated rings. The first-order chi connectivity index (χ1) is 17.3. The van der Waals surface area contributed by atoms with Crippen LogP contribution in [-0.4, -0.2) is 50.7 Å². The van der Waals surface area contributed by atoms with E-state index in [1.165, 1.54) is 13.2 Å². The number of allylic oxidation sites excluding steroid dienone is 2. The Morgan fingerprint density at radius 2 is 2.14 bits per heavy atom. The standard InChI is InChI=1S/C24H23F2N7O2S/c1-14(5-8-21(27-3)35-4)10-29-24(34)16-9-17(33-19(22(25)26)12-30-31-33)23-28-11-18(32(23)13-16)20-7-6-15(2)36-20/h5-9,11-13,22H,3,10H2,1-2,4H3,(H,29,34)/b14-5+,21-8+. The second-order valence-electron chi connectivity index (χ2n) is 7.80. The van der Waals surface area contributed by atoms with E-state index in [-0.39, 0.29) is 17.8 Å². The van der Waals surface area contributed by atoms with Crippen molar-refractivity contribution in [2.24, 2.45) is 4.99 Å². The van der Waals surface area contributed by atoms with E-state index in [1.54, 1.807) is 40.3 Å². The van der Waals surface area contributed by atoms with Gasteiger partial charge < -0.3 is 10.1 Å². The van der Waals surface area contributed by atoms with Gasteiger partial charge in [-0.25, -0.2) is 23.4 Å². The molecule has 4 heterocycles. The minimum absolute atomic E-state index is 0.215. The fraction of sp³-hybridized carbons (Fsp3) is 0.208. The summed E-state index contributed by atoms with van der Waals surface area (Å²) < 4.78 is 35.0. The number of amides is 1. The monoisotopic (exact) mass is 511 g/mol. The molecule has 1 amide bonds. The maximum absolute atomic E-state index is 13.6. The summed E-state index contributed by atoms with van der Waals surface area (Å²) in [6, 6.07) is 5.40.